The van der Waals surface area contributed by atoms with Crippen molar-refractivity contribution in [1.82, 2.24) is 9.80 Å². The molecule has 1 aliphatic heterocycles. The van der Waals surface area contributed by atoms with Crippen LogP contribution in [0.2, 0.25) is 0 Å². The van der Waals surface area contributed by atoms with E-state index in [2.05, 4.69) is 0 Å². The molecule has 26 heavy (non-hydrogen) atoms. The maximum absolute atomic E-state index is 13.0. The molecule has 0 radical (unpaired) electrons. The van der Waals surface area contributed by atoms with E-state index in [1.807, 2.05) is 13.8 Å². The summed E-state index contributed by atoms with van der Waals surface area (Å²) in [6.07, 6.45) is 0.219. The molecular formula is C19H34N2O5. The summed E-state index contributed by atoms with van der Waals surface area (Å²) in [6.45, 7) is 14.9. The lowest BCUT2D eigenvalue weighted by Gasteiger charge is -2.40. The Bertz CT molecular complexity index is 505. The van der Waals surface area contributed by atoms with Crippen molar-refractivity contribution in [2.24, 2.45) is 0 Å². The van der Waals surface area contributed by atoms with Gasteiger partial charge in [0.25, 0.3) is 0 Å². The number of ether oxygens (including phenoxy) is 2. The van der Waals surface area contributed by atoms with E-state index < -0.39 is 29.4 Å². The summed E-state index contributed by atoms with van der Waals surface area (Å²) in [5, 5.41) is 0. The van der Waals surface area contributed by atoms with E-state index in [9.17, 15) is 14.4 Å². The number of amides is 3. The number of carbonyl (C=O) groups is 3. The molecule has 2 atom stereocenters. The molecule has 0 unspecified atom stereocenters. The Kier molecular flexibility index (Phi) is 7.08. The molecule has 0 bridgehead atoms. The van der Waals surface area contributed by atoms with Crippen molar-refractivity contribution in [1.29, 1.82) is 0 Å². The first-order valence-corrected chi connectivity index (χ1v) is 9.32. The minimum atomic E-state index is -0.901. The summed E-state index contributed by atoms with van der Waals surface area (Å²) in [4.78, 5) is 41.0. The molecule has 150 valence electrons. The number of rotatable bonds is 3. The van der Waals surface area contributed by atoms with Crippen molar-refractivity contribution >= 4 is 18.1 Å². The summed E-state index contributed by atoms with van der Waals surface area (Å²) >= 11 is 0. The molecule has 7 heteroatoms. The fourth-order valence-corrected chi connectivity index (χ4v) is 2.73. The van der Waals surface area contributed by atoms with Gasteiger partial charge >= 0.3 is 12.2 Å². The summed E-state index contributed by atoms with van der Waals surface area (Å²) in [7, 11) is 0. The first-order valence-electron chi connectivity index (χ1n) is 9.32. The minimum absolute atomic E-state index is 0.0458. The lowest BCUT2D eigenvalue weighted by molar-refractivity contribution is -0.142. The monoisotopic (exact) mass is 370 g/mol. The molecule has 1 aliphatic rings. The van der Waals surface area contributed by atoms with Gasteiger partial charge in [-0.25, -0.2) is 9.59 Å². The van der Waals surface area contributed by atoms with Gasteiger partial charge in [-0.05, 0) is 67.7 Å². The Morgan fingerprint density at radius 3 is 1.96 bits per heavy atom. The lowest BCUT2D eigenvalue weighted by atomic mass is 10.0. The average Bonchev–Trinajstić information content (AvgIpc) is 2.44. The summed E-state index contributed by atoms with van der Waals surface area (Å²) in [5.41, 5.74) is -1.57. The minimum Gasteiger partial charge on any atom is -0.443 e. The first kappa shape index (κ1) is 22.3. The summed E-state index contributed by atoms with van der Waals surface area (Å²) in [6, 6.07) is -0.855. The third-order valence-electron chi connectivity index (χ3n) is 4.06. The lowest BCUT2D eigenvalue weighted by Crippen LogP contribution is -2.59. The number of nitrogens with zero attached hydrogens (tertiary/aromatic N) is 2. The maximum atomic E-state index is 13.0. The zero-order valence-corrected chi connectivity index (χ0v) is 17.4. The first-order chi connectivity index (χ1) is 11.8. The highest BCUT2D eigenvalue weighted by molar-refractivity contribution is 5.96. The van der Waals surface area contributed by atoms with Crippen LogP contribution in [0.4, 0.5) is 9.59 Å². The Hall–Kier alpha value is -1.79. The molecule has 1 saturated heterocycles. The van der Waals surface area contributed by atoms with Crippen LogP contribution in [-0.4, -0.2) is 57.7 Å². The molecule has 0 N–H and O–H groups in total. The van der Waals surface area contributed by atoms with E-state index in [-0.39, 0.29) is 11.9 Å². The maximum Gasteiger partial charge on any atom is 0.420 e. The predicted octanol–water partition coefficient (Wildman–Crippen LogP) is 3.95. The number of carbonyl (C=O) groups excluding carboxylic acids is 3. The van der Waals surface area contributed by atoms with Gasteiger partial charge in [-0.15, -0.1) is 0 Å². The van der Waals surface area contributed by atoms with Crippen LogP contribution in [0.1, 0.15) is 74.7 Å². The second-order valence-electron chi connectivity index (χ2n) is 8.78. The van der Waals surface area contributed by atoms with Crippen LogP contribution >= 0.6 is 0 Å². The van der Waals surface area contributed by atoms with Gasteiger partial charge in [0, 0.05) is 12.6 Å². The number of hydrogen-bond acceptors (Lipinski definition) is 5. The van der Waals surface area contributed by atoms with Crippen molar-refractivity contribution in [2.75, 3.05) is 6.54 Å². The average molecular weight is 370 g/mol. The molecule has 0 saturated carbocycles. The number of imide groups is 1. The van der Waals surface area contributed by atoms with E-state index in [0.29, 0.717) is 19.4 Å². The molecule has 1 heterocycles. The van der Waals surface area contributed by atoms with E-state index in [4.69, 9.17) is 9.47 Å². The van der Waals surface area contributed by atoms with Gasteiger partial charge in [0.2, 0.25) is 5.91 Å². The quantitative estimate of drug-likeness (QED) is 0.752. The highest BCUT2D eigenvalue weighted by atomic mass is 16.6. The van der Waals surface area contributed by atoms with Crippen molar-refractivity contribution in [2.45, 2.75) is 97.9 Å². The Morgan fingerprint density at radius 1 is 1.12 bits per heavy atom. The molecule has 3 amide bonds. The summed E-state index contributed by atoms with van der Waals surface area (Å²) < 4.78 is 10.7. The van der Waals surface area contributed by atoms with Crippen molar-refractivity contribution in [3.63, 3.8) is 0 Å². The van der Waals surface area contributed by atoms with Crippen molar-refractivity contribution < 1.29 is 23.9 Å². The van der Waals surface area contributed by atoms with E-state index in [1.165, 1.54) is 0 Å². The van der Waals surface area contributed by atoms with Gasteiger partial charge in [-0.1, -0.05) is 6.92 Å². The van der Waals surface area contributed by atoms with Gasteiger partial charge in [-0.3, -0.25) is 4.79 Å². The second kappa shape index (κ2) is 8.27. The van der Waals surface area contributed by atoms with Crippen LogP contribution in [-0.2, 0) is 14.3 Å². The number of hydrogen-bond donors (Lipinski definition) is 0. The van der Waals surface area contributed by atoms with Crippen molar-refractivity contribution in [3.8, 4) is 0 Å². The van der Waals surface area contributed by atoms with E-state index in [0.717, 1.165) is 11.3 Å². The smallest absolute Gasteiger partial charge is 0.420 e. The van der Waals surface area contributed by atoms with Gasteiger partial charge in [0.1, 0.15) is 17.2 Å². The van der Waals surface area contributed by atoms with Gasteiger partial charge in [0.15, 0.2) is 0 Å². The molecule has 0 spiro atoms. The van der Waals surface area contributed by atoms with E-state index >= 15 is 0 Å². The fraction of sp³-hybridized carbons (Fsp3) is 0.842. The molecule has 0 aliphatic carbocycles. The normalized spacial score (nSPS) is 19.8. The molecule has 0 aromatic carbocycles. The van der Waals surface area contributed by atoms with Crippen LogP contribution < -0.4 is 0 Å². The standard InChI is InChI=1S/C19H34N2O5/c1-9-13(2)20-12-10-11-14(15(20)22)21(16(23)25-18(3,4)5)17(24)26-19(6,7)8/h13-14H,9-12H2,1-8H3/t13-,14+/m0/s1. The second-order valence-corrected chi connectivity index (χ2v) is 8.78. The topological polar surface area (TPSA) is 76.2 Å². The largest absolute Gasteiger partial charge is 0.443 e. The van der Waals surface area contributed by atoms with Gasteiger partial charge in [-0.2, -0.15) is 4.90 Å². The molecule has 1 fully saturated rings. The third-order valence-corrected chi connectivity index (χ3v) is 4.06. The highest BCUT2D eigenvalue weighted by Gasteiger charge is 2.43. The zero-order valence-electron chi connectivity index (χ0n) is 17.4. The Balaban J connectivity index is 3.15. The van der Waals surface area contributed by atoms with E-state index in [1.54, 1.807) is 46.4 Å². The van der Waals surface area contributed by atoms with Crippen LogP contribution in [0.25, 0.3) is 0 Å². The van der Waals surface area contributed by atoms with Gasteiger partial charge < -0.3 is 14.4 Å². The molecule has 1 rings (SSSR count). The molecular weight excluding hydrogens is 336 g/mol. The Morgan fingerprint density at radius 2 is 1.58 bits per heavy atom. The SMILES string of the molecule is CC[C@H](C)N1CCC[C@@H](N(C(=O)OC(C)(C)C)C(=O)OC(C)(C)C)C1=O. The predicted molar refractivity (Wildman–Crippen MR) is 98.8 cm³/mol. The Labute approximate surface area is 157 Å². The fourth-order valence-electron chi connectivity index (χ4n) is 2.73. The van der Waals surface area contributed by atoms with Crippen LogP contribution in [0.3, 0.4) is 0 Å². The van der Waals surface area contributed by atoms with Crippen LogP contribution in [0.5, 0.6) is 0 Å². The molecule has 7 nitrogen and oxygen atoms in total. The summed E-state index contributed by atoms with van der Waals surface area (Å²) in [5.74, 6) is -0.234. The van der Waals surface area contributed by atoms with Crippen molar-refractivity contribution in [3.05, 3.63) is 0 Å². The highest BCUT2D eigenvalue weighted by Crippen LogP contribution is 2.24. The van der Waals surface area contributed by atoms with Gasteiger partial charge in [0.05, 0.1) is 0 Å². The molecule has 0 aromatic rings. The zero-order chi connectivity index (χ0) is 20.3. The number of piperidine rings is 1. The van der Waals surface area contributed by atoms with Crippen LogP contribution in [0, 0.1) is 0 Å². The molecule has 0 aromatic heterocycles. The third kappa shape index (κ3) is 6.18. The van der Waals surface area contributed by atoms with Crippen LogP contribution in [0.15, 0.2) is 0 Å². The number of likely N-dealkylation sites (tertiary alicyclic amines) is 1.